The van der Waals surface area contributed by atoms with Crippen molar-refractivity contribution >= 4 is 29.4 Å². The molecular formula is C34H31ClF4N4O3. The first-order valence-electron chi connectivity index (χ1n) is 14.3. The lowest BCUT2D eigenvalue weighted by molar-refractivity contribution is 0.0743. The van der Waals surface area contributed by atoms with Crippen molar-refractivity contribution in [1.82, 2.24) is 10.3 Å². The number of aromatic nitrogens is 1. The van der Waals surface area contributed by atoms with E-state index < -0.39 is 57.0 Å². The number of methoxy groups -OCH3 is 1. The molecule has 3 aromatic carbocycles. The predicted octanol–water partition coefficient (Wildman–Crippen LogP) is 7.08. The molecule has 4 N–H and O–H groups in total. The molecule has 7 nitrogen and oxygen atoms in total. The number of hydrogen-bond donors (Lipinski definition) is 3. The summed E-state index contributed by atoms with van der Waals surface area (Å²) in [6.45, 7) is 2.63. The van der Waals surface area contributed by atoms with Crippen LogP contribution in [0.25, 0.3) is 11.3 Å². The van der Waals surface area contributed by atoms with Crippen LogP contribution < -0.4 is 15.8 Å². The van der Waals surface area contributed by atoms with Gasteiger partial charge in [-0.1, -0.05) is 41.9 Å². The molecule has 0 aliphatic heterocycles. The van der Waals surface area contributed by atoms with Crippen molar-refractivity contribution in [2.24, 2.45) is 4.99 Å². The van der Waals surface area contributed by atoms with Crippen LogP contribution in [0.2, 0.25) is 5.02 Å². The highest BCUT2D eigenvalue weighted by Crippen LogP contribution is 2.41. The summed E-state index contributed by atoms with van der Waals surface area (Å²) in [6.07, 6.45) is 1.88. The van der Waals surface area contributed by atoms with Crippen molar-refractivity contribution in [1.29, 1.82) is 0 Å². The summed E-state index contributed by atoms with van der Waals surface area (Å²) >= 11 is 5.80. The van der Waals surface area contributed by atoms with Crippen LogP contribution in [0.5, 0.6) is 5.75 Å². The van der Waals surface area contributed by atoms with Crippen molar-refractivity contribution in [3.05, 3.63) is 111 Å². The third kappa shape index (κ3) is 6.85. The van der Waals surface area contributed by atoms with E-state index in [1.54, 1.807) is 30.3 Å². The lowest BCUT2D eigenvalue weighted by Crippen LogP contribution is -2.30. The minimum absolute atomic E-state index is 0.0808. The van der Waals surface area contributed by atoms with Gasteiger partial charge in [0.1, 0.15) is 22.3 Å². The minimum Gasteiger partial charge on any atom is -0.495 e. The topological polar surface area (TPSA) is 110 Å². The van der Waals surface area contributed by atoms with Crippen LogP contribution in [-0.2, 0) is 5.60 Å². The van der Waals surface area contributed by atoms with Gasteiger partial charge in [0.25, 0.3) is 5.91 Å². The number of nitrogen functional groups attached to an aromatic ring is 1. The van der Waals surface area contributed by atoms with E-state index in [2.05, 4.69) is 15.3 Å². The number of anilines is 1. The second-order valence-corrected chi connectivity index (χ2v) is 11.9. The van der Waals surface area contributed by atoms with Crippen molar-refractivity contribution < 1.29 is 32.2 Å². The number of halogens is 5. The van der Waals surface area contributed by atoms with E-state index in [4.69, 9.17) is 22.1 Å². The monoisotopic (exact) mass is 654 g/mol. The smallest absolute Gasteiger partial charge is 0.251 e. The molecule has 4 aromatic rings. The Bertz CT molecular complexity index is 1830. The highest BCUT2D eigenvalue weighted by Gasteiger charge is 2.42. The van der Waals surface area contributed by atoms with Crippen LogP contribution in [-0.4, -0.2) is 41.7 Å². The maximum Gasteiger partial charge on any atom is 0.251 e. The largest absolute Gasteiger partial charge is 0.495 e. The van der Waals surface area contributed by atoms with Crippen molar-refractivity contribution in [2.45, 2.75) is 44.0 Å². The summed E-state index contributed by atoms with van der Waals surface area (Å²) in [6, 6.07) is 15.0. The van der Waals surface area contributed by atoms with Gasteiger partial charge < -0.3 is 20.9 Å². The molecule has 0 bridgehead atoms. The molecule has 1 fully saturated rings. The van der Waals surface area contributed by atoms with Crippen molar-refractivity contribution in [3.63, 3.8) is 0 Å². The zero-order chi connectivity index (χ0) is 33.4. The second-order valence-electron chi connectivity index (χ2n) is 11.6. The van der Waals surface area contributed by atoms with Crippen molar-refractivity contribution in [3.8, 4) is 17.0 Å². The number of aliphatic imine (C=N–C) groups is 1. The fourth-order valence-corrected chi connectivity index (χ4v) is 5.07. The molecule has 1 heterocycles. The van der Waals surface area contributed by atoms with E-state index in [9.17, 15) is 18.7 Å². The van der Waals surface area contributed by atoms with Crippen LogP contribution in [0, 0.1) is 17.5 Å². The molecule has 1 saturated carbocycles. The number of alkyl halides is 1. The number of ether oxygens (including phenoxy) is 1. The summed E-state index contributed by atoms with van der Waals surface area (Å²) in [4.78, 5) is 21.9. The van der Waals surface area contributed by atoms with Crippen molar-refractivity contribution in [2.75, 3.05) is 19.4 Å². The molecular weight excluding hydrogens is 624 g/mol. The maximum atomic E-state index is 15.9. The number of amides is 1. The molecule has 240 valence electrons. The van der Waals surface area contributed by atoms with E-state index >= 15 is 8.78 Å². The molecule has 0 spiro atoms. The standard InChI is InChI=1S/C34H31ClF4N4O3/c1-33(2,45)23-15-25(43-31(29(23)38)21-9-10-24(36)27(35)28(21)37)22(18-7-5-4-6-8-18)17-41-32(44)19-13-20(16-42-34(39)11-12-34)30(40)26(14-19)46-3/h4-10,13-16,22,45H,11-12,17,40H2,1-3H3,(H,41,44)/b42-16+/t22-/m0/s1. The van der Waals surface area contributed by atoms with Gasteiger partial charge in [-0.05, 0) is 49.7 Å². The normalized spacial score (nSPS) is 14.7. The number of rotatable bonds is 10. The summed E-state index contributed by atoms with van der Waals surface area (Å²) in [7, 11) is 1.38. The maximum absolute atomic E-state index is 15.9. The first-order chi connectivity index (χ1) is 21.7. The predicted molar refractivity (Wildman–Crippen MR) is 168 cm³/mol. The first kappa shape index (κ1) is 32.9. The van der Waals surface area contributed by atoms with Gasteiger partial charge >= 0.3 is 0 Å². The summed E-state index contributed by atoms with van der Waals surface area (Å²) in [5.74, 6) is -5.98. The van der Waals surface area contributed by atoms with E-state index in [0.717, 1.165) is 12.1 Å². The lowest BCUT2D eigenvalue weighted by atomic mass is 9.89. The van der Waals surface area contributed by atoms with Gasteiger partial charge in [-0.15, -0.1) is 0 Å². The van der Waals surface area contributed by atoms with E-state index in [-0.39, 0.29) is 34.8 Å². The first-order valence-corrected chi connectivity index (χ1v) is 14.7. The average Bonchev–Trinajstić information content (AvgIpc) is 3.77. The zero-order valence-corrected chi connectivity index (χ0v) is 25.9. The molecule has 1 aliphatic carbocycles. The Labute approximate surface area is 268 Å². The number of nitrogens with one attached hydrogen (secondary N) is 1. The summed E-state index contributed by atoms with van der Waals surface area (Å²) < 4.78 is 64.5. The highest BCUT2D eigenvalue weighted by atomic mass is 35.5. The fourth-order valence-electron chi connectivity index (χ4n) is 4.91. The SMILES string of the molecule is COc1cc(C(=O)NC[C@@H](c2ccccc2)c2cc(C(C)(C)O)c(F)c(-c3ccc(F)c(Cl)c3F)n2)cc(/C=N/C2(F)CC2)c1N. The van der Waals surface area contributed by atoms with Crippen LogP contribution in [0.1, 0.15) is 65.3 Å². The number of pyridine rings is 1. The fraction of sp³-hybridized carbons (Fsp3) is 0.265. The molecule has 1 amide bonds. The lowest BCUT2D eigenvalue weighted by Gasteiger charge is -2.25. The Morgan fingerprint density at radius 2 is 1.85 bits per heavy atom. The molecule has 0 unspecified atom stereocenters. The Balaban J connectivity index is 1.56. The molecule has 5 rings (SSSR count). The van der Waals surface area contributed by atoms with Crippen LogP contribution in [0.15, 0.2) is 65.7 Å². The minimum atomic E-state index is -1.74. The number of hydrogen-bond acceptors (Lipinski definition) is 6. The zero-order valence-electron chi connectivity index (χ0n) is 25.2. The molecule has 1 aliphatic rings. The summed E-state index contributed by atoms with van der Waals surface area (Å²) in [5.41, 5.74) is 4.79. The molecule has 46 heavy (non-hydrogen) atoms. The van der Waals surface area contributed by atoms with Gasteiger partial charge in [0.15, 0.2) is 17.4 Å². The van der Waals surface area contributed by atoms with E-state index in [0.29, 0.717) is 24.0 Å². The third-order valence-electron chi connectivity index (χ3n) is 7.71. The number of benzene rings is 3. The second kappa shape index (κ2) is 12.7. The van der Waals surface area contributed by atoms with Gasteiger partial charge in [0, 0.05) is 53.8 Å². The quantitative estimate of drug-likeness (QED) is 0.0557. The Kier molecular flexibility index (Phi) is 9.10. The highest BCUT2D eigenvalue weighted by molar-refractivity contribution is 6.31. The number of nitrogens with zero attached hydrogens (tertiary/aromatic N) is 2. The number of nitrogens with two attached hydrogens (primary N) is 1. The van der Waals surface area contributed by atoms with Crippen LogP contribution in [0.3, 0.4) is 0 Å². The van der Waals surface area contributed by atoms with Gasteiger partial charge in [0.2, 0.25) is 0 Å². The molecule has 12 heteroatoms. The number of carbonyl (C=O) groups excluding carboxylic acids is 1. The average molecular weight is 655 g/mol. The van der Waals surface area contributed by atoms with Gasteiger partial charge in [0.05, 0.1) is 24.1 Å². The van der Waals surface area contributed by atoms with E-state index in [1.807, 2.05) is 0 Å². The molecule has 0 radical (unpaired) electrons. The third-order valence-corrected chi connectivity index (χ3v) is 8.05. The Morgan fingerprint density at radius 3 is 2.48 bits per heavy atom. The molecule has 0 saturated heterocycles. The van der Waals surface area contributed by atoms with Gasteiger partial charge in [-0.25, -0.2) is 22.5 Å². The molecule has 1 aromatic heterocycles. The number of aliphatic hydroxyl groups is 1. The number of carbonyl (C=O) groups is 1. The van der Waals surface area contributed by atoms with Crippen LogP contribution >= 0.6 is 11.6 Å². The molecule has 1 atom stereocenters. The van der Waals surface area contributed by atoms with Gasteiger partial charge in [-0.3, -0.25) is 9.79 Å². The Hall–Kier alpha value is -4.48. The van der Waals surface area contributed by atoms with E-state index in [1.165, 1.54) is 45.4 Å². The van der Waals surface area contributed by atoms with Crippen LogP contribution in [0.4, 0.5) is 23.2 Å². The van der Waals surface area contributed by atoms with Gasteiger partial charge in [-0.2, -0.15) is 0 Å². The Morgan fingerprint density at radius 1 is 1.15 bits per heavy atom. The summed E-state index contributed by atoms with van der Waals surface area (Å²) in [5, 5.41) is 12.9.